The Balaban J connectivity index is 1.08. The molecule has 0 spiro atoms. The lowest BCUT2D eigenvalue weighted by Gasteiger charge is -2.34. The maximum atomic E-state index is 12.4. The van der Waals surface area contributed by atoms with Crippen LogP contribution < -0.4 is 20.3 Å². The standard InChI is InChI=1S/C21H23N5O4S/c27-19(22-11-15-1-2-17-18(9-15)30-14-29-17)13-25-5-3-24(4-6-25)12-16-10-20(28)26-7-8-31-21(26)23-16/h1-2,7-10H,3-6,11-14H2,(H,22,27). The van der Waals surface area contributed by atoms with Crippen LogP contribution in [-0.4, -0.2) is 64.6 Å². The second-order valence-electron chi connectivity index (χ2n) is 7.66. The van der Waals surface area contributed by atoms with Crippen molar-refractivity contribution in [1.29, 1.82) is 0 Å². The minimum atomic E-state index is -0.0426. The molecule has 10 heteroatoms. The first kappa shape index (κ1) is 20.0. The van der Waals surface area contributed by atoms with Crippen LogP contribution in [0.2, 0.25) is 0 Å². The van der Waals surface area contributed by atoms with Gasteiger partial charge in [0.1, 0.15) is 0 Å². The van der Waals surface area contributed by atoms with Crippen molar-refractivity contribution in [3.63, 3.8) is 0 Å². The van der Waals surface area contributed by atoms with Crippen LogP contribution in [0, 0.1) is 0 Å². The van der Waals surface area contributed by atoms with E-state index < -0.39 is 0 Å². The number of rotatable bonds is 6. The number of piperazine rings is 1. The first-order chi connectivity index (χ1) is 15.1. The molecule has 4 heterocycles. The summed E-state index contributed by atoms with van der Waals surface area (Å²) in [7, 11) is 0. The molecule has 31 heavy (non-hydrogen) atoms. The number of aromatic nitrogens is 2. The summed E-state index contributed by atoms with van der Waals surface area (Å²) in [4.78, 5) is 34.2. The second kappa shape index (κ2) is 8.66. The van der Waals surface area contributed by atoms with E-state index in [1.807, 2.05) is 23.6 Å². The van der Waals surface area contributed by atoms with E-state index in [1.165, 1.54) is 11.3 Å². The SMILES string of the molecule is O=C(CN1CCN(Cc2cc(=O)n3ccsc3n2)CC1)NCc1ccc2c(c1)OCO2. The quantitative estimate of drug-likeness (QED) is 0.609. The summed E-state index contributed by atoms with van der Waals surface area (Å²) in [5, 5.41) is 4.84. The molecule has 0 saturated carbocycles. The fourth-order valence-electron chi connectivity index (χ4n) is 3.81. The smallest absolute Gasteiger partial charge is 0.258 e. The fraction of sp³-hybridized carbons (Fsp3) is 0.381. The van der Waals surface area contributed by atoms with Crippen LogP contribution in [0.5, 0.6) is 11.5 Å². The molecule has 3 aromatic rings. The molecule has 2 aromatic heterocycles. The molecule has 2 aliphatic heterocycles. The van der Waals surface area contributed by atoms with Crippen LogP contribution >= 0.6 is 11.3 Å². The molecule has 0 aliphatic carbocycles. The van der Waals surface area contributed by atoms with E-state index in [2.05, 4.69) is 20.1 Å². The van der Waals surface area contributed by atoms with Gasteiger partial charge in [-0.2, -0.15) is 0 Å². The first-order valence-electron chi connectivity index (χ1n) is 10.2. The summed E-state index contributed by atoms with van der Waals surface area (Å²) in [6, 6.07) is 7.30. The van der Waals surface area contributed by atoms with Crippen molar-refractivity contribution in [2.24, 2.45) is 0 Å². The highest BCUT2D eigenvalue weighted by Crippen LogP contribution is 2.32. The first-order valence-corrected chi connectivity index (χ1v) is 11.1. The molecule has 5 rings (SSSR count). The molecular formula is C21H23N5O4S. The normalized spacial score (nSPS) is 16.6. The molecule has 0 unspecified atom stereocenters. The van der Waals surface area contributed by atoms with E-state index in [0.29, 0.717) is 19.6 Å². The van der Waals surface area contributed by atoms with Gasteiger partial charge in [-0.05, 0) is 17.7 Å². The van der Waals surface area contributed by atoms with E-state index in [9.17, 15) is 9.59 Å². The number of hydrogen-bond donors (Lipinski definition) is 1. The Morgan fingerprint density at radius 2 is 1.90 bits per heavy atom. The van der Waals surface area contributed by atoms with Crippen molar-refractivity contribution in [1.82, 2.24) is 24.5 Å². The maximum Gasteiger partial charge on any atom is 0.258 e. The summed E-state index contributed by atoms with van der Waals surface area (Å²) in [5.74, 6) is 1.46. The minimum absolute atomic E-state index is 0.00366. The van der Waals surface area contributed by atoms with Gasteiger partial charge in [0, 0.05) is 56.9 Å². The van der Waals surface area contributed by atoms with Crippen molar-refractivity contribution in [2.45, 2.75) is 13.1 Å². The Labute approximate surface area is 182 Å². The van der Waals surface area contributed by atoms with Gasteiger partial charge in [0.2, 0.25) is 12.7 Å². The largest absolute Gasteiger partial charge is 0.454 e. The minimum Gasteiger partial charge on any atom is -0.454 e. The molecule has 1 amide bonds. The van der Waals surface area contributed by atoms with Crippen molar-refractivity contribution in [3.8, 4) is 11.5 Å². The number of fused-ring (bicyclic) bond motifs is 2. The number of amides is 1. The van der Waals surface area contributed by atoms with E-state index in [1.54, 1.807) is 16.7 Å². The molecule has 1 aromatic carbocycles. The third-order valence-corrected chi connectivity index (χ3v) is 6.26. The zero-order valence-corrected chi connectivity index (χ0v) is 17.8. The fourth-order valence-corrected chi connectivity index (χ4v) is 4.55. The Morgan fingerprint density at radius 3 is 2.77 bits per heavy atom. The van der Waals surface area contributed by atoms with Crippen molar-refractivity contribution < 1.29 is 14.3 Å². The Bertz CT molecular complexity index is 1150. The predicted octanol–water partition coefficient (Wildman–Crippen LogP) is 0.919. The molecule has 162 valence electrons. The zero-order valence-electron chi connectivity index (χ0n) is 17.0. The molecule has 1 fully saturated rings. The van der Waals surface area contributed by atoms with Gasteiger partial charge in [-0.25, -0.2) is 4.98 Å². The second-order valence-corrected chi connectivity index (χ2v) is 8.53. The van der Waals surface area contributed by atoms with Crippen LogP contribution in [-0.2, 0) is 17.9 Å². The molecule has 2 aliphatic rings. The number of benzene rings is 1. The number of hydrogen-bond acceptors (Lipinski definition) is 8. The molecule has 1 saturated heterocycles. The highest BCUT2D eigenvalue weighted by molar-refractivity contribution is 7.15. The van der Waals surface area contributed by atoms with Gasteiger partial charge >= 0.3 is 0 Å². The average Bonchev–Trinajstić information content (AvgIpc) is 3.43. The number of thiazole rings is 1. The van der Waals surface area contributed by atoms with Crippen molar-refractivity contribution in [2.75, 3.05) is 39.5 Å². The zero-order chi connectivity index (χ0) is 21.2. The van der Waals surface area contributed by atoms with E-state index in [0.717, 1.165) is 53.9 Å². The van der Waals surface area contributed by atoms with Gasteiger partial charge in [0.15, 0.2) is 16.5 Å². The van der Waals surface area contributed by atoms with Gasteiger partial charge in [0.25, 0.3) is 5.56 Å². The summed E-state index contributed by atoms with van der Waals surface area (Å²) in [6.07, 6.45) is 1.75. The molecule has 0 radical (unpaired) electrons. The highest BCUT2D eigenvalue weighted by Gasteiger charge is 2.20. The lowest BCUT2D eigenvalue weighted by molar-refractivity contribution is -0.122. The summed E-state index contributed by atoms with van der Waals surface area (Å²) in [5.41, 5.74) is 1.73. The van der Waals surface area contributed by atoms with Gasteiger partial charge in [-0.1, -0.05) is 6.07 Å². The van der Waals surface area contributed by atoms with Crippen LogP contribution in [0.15, 0.2) is 40.6 Å². The van der Waals surface area contributed by atoms with Gasteiger partial charge in [-0.3, -0.25) is 23.8 Å². The van der Waals surface area contributed by atoms with E-state index in [-0.39, 0.29) is 18.3 Å². The third-order valence-electron chi connectivity index (χ3n) is 5.50. The Morgan fingerprint density at radius 1 is 1.10 bits per heavy atom. The average molecular weight is 442 g/mol. The van der Waals surface area contributed by atoms with Crippen molar-refractivity contribution >= 4 is 22.2 Å². The topological polar surface area (TPSA) is 88.4 Å². The molecule has 0 bridgehead atoms. The lowest BCUT2D eigenvalue weighted by atomic mass is 10.2. The molecule has 1 N–H and O–H groups in total. The molecule has 0 atom stereocenters. The lowest BCUT2D eigenvalue weighted by Crippen LogP contribution is -2.49. The monoisotopic (exact) mass is 441 g/mol. The number of carbonyl (C=O) groups is 1. The van der Waals surface area contributed by atoms with Crippen molar-refractivity contribution in [3.05, 3.63) is 57.5 Å². The molecular weight excluding hydrogens is 418 g/mol. The Hall–Kier alpha value is -2.95. The highest BCUT2D eigenvalue weighted by atomic mass is 32.1. The van der Waals surface area contributed by atoms with E-state index in [4.69, 9.17) is 9.47 Å². The number of nitrogens with one attached hydrogen (secondary N) is 1. The van der Waals surface area contributed by atoms with Crippen LogP contribution in [0.3, 0.4) is 0 Å². The third kappa shape index (κ3) is 4.55. The summed E-state index contributed by atoms with van der Waals surface area (Å²) in [6.45, 7) is 5.00. The summed E-state index contributed by atoms with van der Waals surface area (Å²) >= 11 is 1.46. The number of carbonyl (C=O) groups excluding carboxylic acids is 1. The van der Waals surface area contributed by atoms with E-state index >= 15 is 0 Å². The molecule has 9 nitrogen and oxygen atoms in total. The van der Waals surface area contributed by atoms with Gasteiger partial charge in [0.05, 0.1) is 12.2 Å². The van der Waals surface area contributed by atoms with Crippen LogP contribution in [0.25, 0.3) is 4.96 Å². The van der Waals surface area contributed by atoms with Gasteiger partial charge < -0.3 is 14.8 Å². The van der Waals surface area contributed by atoms with Gasteiger partial charge in [-0.15, -0.1) is 11.3 Å². The Kier molecular flexibility index (Phi) is 5.58. The van der Waals surface area contributed by atoms with Crippen LogP contribution in [0.1, 0.15) is 11.3 Å². The van der Waals surface area contributed by atoms with Crippen LogP contribution in [0.4, 0.5) is 0 Å². The number of nitrogens with zero attached hydrogens (tertiary/aromatic N) is 4. The maximum absolute atomic E-state index is 12.4. The summed E-state index contributed by atoms with van der Waals surface area (Å²) < 4.78 is 12.2. The number of ether oxygens (including phenoxy) is 2. The predicted molar refractivity (Wildman–Crippen MR) is 115 cm³/mol.